The number of hydrogen-bond donors (Lipinski definition) is 1. The van der Waals surface area contributed by atoms with E-state index in [1.165, 1.54) is 0 Å². The summed E-state index contributed by atoms with van der Waals surface area (Å²) in [7, 11) is 0. The molecular weight excluding hydrogens is 143 g/mol. The number of benzene rings is 1. The molecule has 0 saturated heterocycles. The minimum atomic E-state index is 0. The number of hydrogen-bond acceptors (Lipinski definition) is 2. The molecule has 0 atom stereocenters. The van der Waals surface area contributed by atoms with E-state index in [0.717, 1.165) is 0 Å². The third kappa shape index (κ3) is 3.35. The van der Waals surface area contributed by atoms with Crippen molar-refractivity contribution in [3.8, 4) is 5.75 Å². The zero-order valence-corrected chi connectivity index (χ0v) is 8.37. The van der Waals surface area contributed by atoms with Gasteiger partial charge >= 0.3 is 51.4 Å². The largest absolute Gasteiger partial charge is 1.00 e. The molecule has 2 nitrogen and oxygen atoms in total. The molecule has 0 aliphatic heterocycles. The van der Waals surface area contributed by atoms with Gasteiger partial charge in [0.25, 0.3) is 0 Å². The monoisotopic (exact) mass is 150 g/mol. The average molecular weight is 150 g/mol. The Bertz CT molecular complexity index is 157. The molecule has 0 aliphatic carbocycles. The second-order valence-electron chi connectivity index (χ2n) is 1.40. The summed E-state index contributed by atoms with van der Waals surface area (Å²) in [6.07, 6.45) is 0. The molecule has 0 spiro atoms. The van der Waals surface area contributed by atoms with E-state index in [1.807, 2.05) is 6.07 Å². The van der Waals surface area contributed by atoms with Crippen molar-refractivity contribution in [3.05, 3.63) is 30.3 Å². The minimum absolute atomic E-state index is 0. The van der Waals surface area contributed by atoms with Crippen LogP contribution in [0.4, 0.5) is 0 Å². The first-order chi connectivity index (χ1) is 3.93. The van der Waals surface area contributed by atoms with E-state index >= 15 is 0 Å². The first-order valence-corrected chi connectivity index (χ1v) is 2.30. The molecule has 0 aromatic heterocycles. The Hall–Kier alpha value is 0.616. The molecule has 44 valence electrons. The molecule has 1 rings (SSSR count). The molecular formula is C6H7KO2. The first-order valence-electron chi connectivity index (χ1n) is 2.30. The first kappa shape index (κ1) is 9.62. The van der Waals surface area contributed by atoms with E-state index in [9.17, 15) is 0 Å². The normalized spacial score (nSPS) is 7.67. The maximum absolute atomic E-state index is 8.04. The van der Waals surface area contributed by atoms with Gasteiger partial charge in [-0.15, -0.1) is 0 Å². The molecule has 3 heteroatoms. The number of para-hydroxylation sites is 1. The predicted molar refractivity (Wildman–Crippen MR) is 30.8 cm³/mol. The van der Waals surface area contributed by atoms with Crippen molar-refractivity contribution in [1.82, 2.24) is 0 Å². The molecule has 0 aliphatic rings. The van der Waals surface area contributed by atoms with E-state index < -0.39 is 0 Å². The molecule has 0 radical (unpaired) electrons. The maximum atomic E-state index is 8.04. The predicted octanol–water partition coefficient (Wildman–Crippen LogP) is -1.35. The topological polar surface area (TPSA) is 29.5 Å². The third-order valence-electron chi connectivity index (χ3n) is 0.849. The van der Waals surface area contributed by atoms with Crippen LogP contribution in [0.2, 0.25) is 0 Å². The van der Waals surface area contributed by atoms with Crippen molar-refractivity contribution >= 4 is 0 Å². The van der Waals surface area contributed by atoms with Crippen molar-refractivity contribution in [2.24, 2.45) is 0 Å². The Morgan fingerprint density at radius 2 is 1.78 bits per heavy atom. The second-order valence-corrected chi connectivity index (χ2v) is 1.40. The van der Waals surface area contributed by atoms with Crippen LogP contribution in [0, 0.1) is 0 Å². The molecule has 0 amide bonds. The Kier molecular flexibility index (Phi) is 5.78. The SMILES string of the molecule is OOc1ccccc1.[H-].[K+]. The van der Waals surface area contributed by atoms with Gasteiger partial charge in [0.2, 0.25) is 0 Å². The van der Waals surface area contributed by atoms with Crippen molar-refractivity contribution in [2.75, 3.05) is 0 Å². The molecule has 9 heavy (non-hydrogen) atoms. The van der Waals surface area contributed by atoms with Gasteiger partial charge in [-0.25, -0.2) is 5.26 Å². The maximum Gasteiger partial charge on any atom is 1.00 e. The fourth-order valence-corrected chi connectivity index (χ4v) is 0.481. The van der Waals surface area contributed by atoms with Gasteiger partial charge in [0.05, 0.1) is 0 Å². The van der Waals surface area contributed by atoms with Crippen LogP contribution in [0.25, 0.3) is 0 Å². The van der Waals surface area contributed by atoms with E-state index in [4.69, 9.17) is 5.26 Å². The van der Waals surface area contributed by atoms with Crippen LogP contribution in [0.1, 0.15) is 1.43 Å². The van der Waals surface area contributed by atoms with E-state index in [1.54, 1.807) is 24.3 Å². The summed E-state index contributed by atoms with van der Waals surface area (Å²) in [5.74, 6) is 0.465. The van der Waals surface area contributed by atoms with E-state index in [-0.39, 0.29) is 52.8 Å². The average Bonchev–Trinajstić information content (AvgIpc) is 1.90. The Morgan fingerprint density at radius 3 is 2.11 bits per heavy atom. The van der Waals surface area contributed by atoms with Gasteiger partial charge in [0.1, 0.15) is 0 Å². The van der Waals surface area contributed by atoms with Gasteiger partial charge in [-0.1, -0.05) is 18.2 Å². The number of rotatable bonds is 1. The molecule has 0 heterocycles. The molecule has 0 bridgehead atoms. The summed E-state index contributed by atoms with van der Waals surface area (Å²) in [5.41, 5.74) is 0. The van der Waals surface area contributed by atoms with Crippen molar-refractivity contribution < 1.29 is 63.0 Å². The molecule has 0 unspecified atom stereocenters. The third-order valence-corrected chi connectivity index (χ3v) is 0.849. The molecule has 1 aromatic rings. The Labute approximate surface area is 97.7 Å². The molecule has 0 fully saturated rings. The van der Waals surface area contributed by atoms with Crippen LogP contribution in [0.5, 0.6) is 5.75 Å². The molecule has 0 saturated carbocycles. The van der Waals surface area contributed by atoms with Crippen molar-refractivity contribution in [3.63, 3.8) is 0 Å². The summed E-state index contributed by atoms with van der Waals surface area (Å²) >= 11 is 0. The van der Waals surface area contributed by atoms with Crippen LogP contribution in [0.15, 0.2) is 30.3 Å². The van der Waals surface area contributed by atoms with Crippen molar-refractivity contribution in [2.45, 2.75) is 0 Å². The van der Waals surface area contributed by atoms with Crippen LogP contribution in [0.3, 0.4) is 0 Å². The van der Waals surface area contributed by atoms with Gasteiger partial charge in [-0.2, -0.15) is 0 Å². The van der Waals surface area contributed by atoms with Crippen molar-refractivity contribution in [1.29, 1.82) is 0 Å². The fourth-order valence-electron chi connectivity index (χ4n) is 0.481. The van der Waals surface area contributed by atoms with Crippen LogP contribution >= 0.6 is 0 Å². The summed E-state index contributed by atoms with van der Waals surface area (Å²) in [5, 5.41) is 8.04. The van der Waals surface area contributed by atoms with E-state index in [0.29, 0.717) is 5.75 Å². The quantitative estimate of drug-likeness (QED) is 0.305. The Balaban J connectivity index is 0. The zero-order chi connectivity index (χ0) is 5.82. The standard InChI is InChI=1S/C6H6O2.K.H/c7-8-6-4-2-1-3-5-6;;/h1-5,7H;;/q;+1;-1. The van der Waals surface area contributed by atoms with Crippen LogP contribution in [-0.2, 0) is 0 Å². The summed E-state index contributed by atoms with van der Waals surface area (Å²) in [6.45, 7) is 0. The smallest absolute Gasteiger partial charge is 1.00 e. The van der Waals surface area contributed by atoms with Crippen LogP contribution < -0.4 is 56.3 Å². The summed E-state index contributed by atoms with van der Waals surface area (Å²) in [6, 6.07) is 8.75. The van der Waals surface area contributed by atoms with Gasteiger partial charge < -0.3 is 6.31 Å². The van der Waals surface area contributed by atoms with Crippen LogP contribution in [-0.4, -0.2) is 5.26 Å². The zero-order valence-electron chi connectivity index (χ0n) is 6.24. The molecule has 1 aromatic carbocycles. The Morgan fingerprint density at radius 1 is 1.22 bits per heavy atom. The van der Waals surface area contributed by atoms with Gasteiger partial charge in [-0.3, -0.25) is 0 Å². The summed E-state index contributed by atoms with van der Waals surface area (Å²) < 4.78 is 0. The molecule has 1 N–H and O–H groups in total. The van der Waals surface area contributed by atoms with Gasteiger partial charge in [0, 0.05) is 0 Å². The summed E-state index contributed by atoms with van der Waals surface area (Å²) in [4.78, 5) is 3.91. The van der Waals surface area contributed by atoms with Gasteiger partial charge in [-0.05, 0) is 12.1 Å². The fraction of sp³-hybridized carbons (Fsp3) is 0. The van der Waals surface area contributed by atoms with E-state index in [2.05, 4.69) is 4.89 Å². The van der Waals surface area contributed by atoms with Gasteiger partial charge in [0.15, 0.2) is 5.75 Å². The second kappa shape index (κ2) is 5.41. The minimum Gasteiger partial charge on any atom is -1.00 e.